The van der Waals surface area contributed by atoms with Crippen LogP contribution >= 0.6 is 22.4 Å². The van der Waals surface area contributed by atoms with Gasteiger partial charge in [-0.25, -0.2) is 4.21 Å². The van der Waals surface area contributed by atoms with Crippen molar-refractivity contribution in [3.63, 3.8) is 0 Å². The summed E-state index contributed by atoms with van der Waals surface area (Å²) in [7, 11) is 0.649. The van der Waals surface area contributed by atoms with Crippen LogP contribution in [0.5, 0.6) is 0 Å². The number of aromatic nitrogens is 1. The van der Waals surface area contributed by atoms with Gasteiger partial charge >= 0.3 is 0 Å². The average molecular weight is 635 g/mol. The highest BCUT2D eigenvalue weighted by Crippen LogP contribution is 2.29. The first-order valence-corrected chi connectivity index (χ1v) is 17.3. The topological polar surface area (TPSA) is 134 Å². The zero-order valence-electron chi connectivity index (χ0n) is 24.0. The lowest BCUT2D eigenvalue weighted by molar-refractivity contribution is -0.140. The number of Topliss-reactive ketones (excluding diaryl/α,β-unsaturated/α-hetero) is 1. The lowest BCUT2D eigenvalue weighted by Crippen LogP contribution is -2.56. The summed E-state index contributed by atoms with van der Waals surface area (Å²) in [5, 5.41) is 8.86. The molecule has 42 heavy (non-hydrogen) atoms. The molecule has 0 radical (unpaired) electrons. The maximum atomic E-state index is 13.4. The third-order valence-corrected chi connectivity index (χ3v) is 10.9. The molecule has 3 N–H and O–H groups in total. The quantitative estimate of drug-likeness (QED) is 0.146. The summed E-state index contributed by atoms with van der Waals surface area (Å²) in [5.41, 5.74) is 1.49. The molecule has 2 aromatic rings. The molecule has 9 nitrogen and oxygen atoms in total. The number of amides is 3. The Morgan fingerprint density at radius 3 is 2.48 bits per heavy atom. The number of benzene rings is 1. The lowest BCUT2D eigenvalue weighted by Gasteiger charge is -2.25. The SMILES string of the molecule is CC(C)[C@H](NC(=O)CCCCC1CCSS1=O)C(=O)N[C@@H](Cc1ccc(Cl)cc1)C(=O)C(=O)NCCc1ccccn1. The average Bonchev–Trinajstić information content (AvgIpc) is 3.38. The Bertz CT molecular complexity index is 1230. The van der Waals surface area contributed by atoms with Crippen LogP contribution in [0, 0.1) is 5.92 Å². The van der Waals surface area contributed by atoms with Gasteiger partial charge in [-0.05, 0) is 55.0 Å². The fraction of sp³-hybridized carbons (Fsp3) is 0.500. The van der Waals surface area contributed by atoms with Gasteiger partial charge in [0, 0.05) is 53.7 Å². The summed E-state index contributed by atoms with van der Waals surface area (Å²) in [6.45, 7) is 3.82. The van der Waals surface area contributed by atoms with Crippen LogP contribution in [0.4, 0.5) is 0 Å². The standard InChI is InChI=1S/C30H39ClN4O5S2/c1-20(2)27(35-26(36)9-4-3-8-24-15-18-41-42(24)40)29(38)34-25(19-21-10-12-22(31)13-11-21)28(37)30(39)33-17-14-23-7-5-6-16-32-23/h5-7,10-13,16,20,24-25,27H,3-4,8-9,14-15,17-19H2,1-2H3,(H,33,39)(H,34,38)(H,35,36)/t24?,25-,27-,42?/m0/s1. The summed E-state index contributed by atoms with van der Waals surface area (Å²) >= 11 is 6.00. The fourth-order valence-electron chi connectivity index (χ4n) is 4.56. The van der Waals surface area contributed by atoms with E-state index in [4.69, 9.17) is 11.6 Å². The summed E-state index contributed by atoms with van der Waals surface area (Å²) in [5.74, 6) is -1.74. The molecule has 12 heteroatoms. The molecule has 1 aromatic carbocycles. The smallest absolute Gasteiger partial charge is 0.289 e. The number of nitrogens with one attached hydrogen (secondary N) is 3. The van der Waals surface area contributed by atoms with Crippen LogP contribution < -0.4 is 16.0 Å². The van der Waals surface area contributed by atoms with Gasteiger partial charge < -0.3 is 16.0 Å². The Labute approximate surface area is 258 Å². The third-order valence-electron chi connectivity index (χ3n) is 6.96. The van der Waals surface area contributed by atoms with Crippen LogP contribution in [-0.4, -0.2) is 62.3 Å². The number of carbonyl (C=O) groups excluding carboxylic acids is 4. The van der Waals surface area contributed by atoms with Crippen molar-refractivity contribution in [3.05, 3.63) is 64.9 Å². The van der Waals surface area contributed by atoms with Crippen LogP contribution in [0.25, 0.3) is 0 Å². The number of nitrogens with zero attached hydrogens (tertiary/aromatic N) is 1. The van der Waals surface area contributed by atoms with Crippen LogP contribution in [0.2, 0.25) is 5.02 Å². The molecule has 1 saturated heterocycles. The number of carbonyl (C=O) groups is 4. The first-order valence-electron chi connectivity index (χ1n) is 14.2. The van der Waals surface area contributed by atoms with Crippen molar-refractivity contribution < 1.29 is 23.4 Å². The van der Waals surface area contributed by atoms with E-state index in [1.165, 1.54) is 10.8 Å². The van der Waals surface area contributed by atoms with Crippen molar-refractivity contribution in [1.29, 1.82) is 0 Å². The van der Waals surface area contributed by atoms with E-state index < -0.39 is 39.5 Å². The summed E-state index contributed by atoms with van der Waals surface area (Å²) in [6.07, 6.45) is 5.61. The summed E-state index contributed by atoms with van der Waals surface area (Å²) in [4.78, 5) is 56.3. The second kappa shape index (κ2) is 17.4. The number of hydrogen-bond donors (Lipinski definition) is 3. The molecule has 4 atom stereocenters. The zero-order chi connectivity index (χ0) is 30.5. The first kappa shape index (κ1) is 33.7. The highest BCUT2D eigenvalue weighted by Gasteiger charge is 2.31. The van der Waals surface area contributed by atoms with Gasteiger partial charge in [-0.2, -0.15) is 0 Å². The second-order valence-corrected chi connectivity index (χ2v) is 14.6. The van der Waals surface area contributed by atoms with E-state index in [-0.39, 0.29) is 36.5 Å². The lowest BCUT2D eigenvalue weighted by atomic mass is 9.98. The number of ketones is 1. The van der Waals surface area contributed by atoms with Crippen LogP contribution in [0.15, 0.2) is 48.7 Å². The normalized spacial score (nSPS) is 17.8. The highest BCUT2D eigenvalue weighted by atomic mass is 35.5. The molecule has 0 spiro atoms. The number of rotatable bonds is 16. The number of pyridine rings is 1. The van der Waals surface area contributed by atoms with Crippen molar-refractivity contribution in [2.45, 2.75) is 76.1 Å². The van der Waals surface area contributed by atoms with Crippen LogP contribution in [-0.2, 0) is 41.9 Å². The van der Waals surface area contributed by atoms with Crippen molar-refractivity contribution in [2.24, 2.45) is 5.92 Å². The van der Waals surface area contributed by atoms with Gasteiger partial charge in [-0.3, -0.25) is 24.2 Å². The minimum absolute atomic E-state index is 0.0784. The summed E-state index contributed by atoms with van der Waals surface area (Å²) < 4.78 is 11.9. The minimum Gasteiger partial charge on any atom is -0.349 e. The Morgan fingerprint density at radius 2 is 1.83 bits per heavy atom. The van der Waals surface area contributed by atoms with Gasteiger partial charge in [0.25, 0.3) is 5.91 Å². The predicted molar refractivity (Wildman–Crippen MR) is 167 cm³/mol. The molecule has 1 fully saturated rings. The summed E-state index contributed by atoms with van der Waals surface area (Å²) in [6, 6.07) is 10.3. The minimum atomic E-state index is -1.14. The molecular formula is C30H39ClN4O5S2. The molecule has 228 valence electrons. The second-order valence-electron chi connectivity index (χ2n) is 10.6. The van der Waals surface area contributed by atoms with E-state index in [0.717, 1.165) is 30.7 Å². The molecular weight excluding hydrogens is 596 g/mol. The molecule has 0 bridgehead atoms. The van der Waals surface area contributed by atoms with E-state index in [1.54, 1.807) is 50.4 Å². The third kappa shape index (κ3) is 11.1. The Morgan fingerprint density at radius 1 is 1.07 bits per heavy atom. The molecule has 3 rings (SSSR count). The Kier molecular flexibility index (Phi) is 14.0. The van der Waals surface area contributed by atoms with Gasteiger partial charge in [0.15, 0.2) is 0 Å². The number of halogens is 1. The van der Waals surface area contributed by atoms with Crippen molar-refractivity contribution in [2.75, 3.05) is 12.3 Å². The van der Waals surface area contributed by atoms with Crippen molar-refractivity contribution in [1.82, 2.24) is 20.9 Å². The highest BCUT2D eigenvalue weighted by molar-refractivity contribution is 8.69. The number of hydrogen-bond acceptors (Lipinski definition) is 7. The van der Waals surface area contributed by atoms with Gasteiger partial charge in [0.2, 0.25) is 17.6 Å². The van der Waals surface area contributed by atoms with Gasteiger partial charge in [0.05, 0.1) is 9.83 Å². The monoisotopic (exact) mass is 634 g/mol. The predicted octanol–water partition coefficient (Wildman–Crippen LogP) is 3.56. The maximum absolute atomic E-state index is 13.4. The fourth-order valence-corrected chi connectivity index (χ4v) is 8.17. The van der Waals surface area contributed by atoms with Crippen molar-refractivity contribution >= 4 is 55.7 Å². The molecule has 2 heterocycles. The van der Waals surface area contributed by atoms with E-state index >= 15 is 0 Å². The van der Waals surface area contributed by atoms with Gasteiger partial charge in [0.1, 0.15) is 12.1 Å². The Balaban J connectivity index is 1.59. The zero-order valence-corrected chi connectivity index (χ0v) is 26.4. The number of unbranched alkanes of at least 4 members (excludes halogenated alkanes) is 1. The van der Waals surface area contributed by atoms with Crippen LogP contribution in [0.1, 0.15) is 57.2 Å². The van der Waals surface area contributed by atoms with E-state index in [0.29, 0.717) is 23.4 Å². The molecule has 1 aliphatic rings. The first-order chi connectivity index (χ1) is 20.1. The van der Waals surface area contributed by atoms with Crippen LogP contribution in [0.3, 0.4) is 0 Å². The molecule has 0 saturated carbocycles. The van der Waals surface area contributed by atoms with Gasteiger partial charge in [-0.1, -0.05) is 60.9 Å². The molecule has 1 aromatic heterocycles. The maximum Gasteiger partial charge on any atom is 0.289 e. The molecule has 1 aliphatic heterocycles. The Hall–Kier alpha value is -2.76. The van der Waals surface area contributed by atoms with E-state index in [1.807, 2.05) is 12.1 Å². The molecule has 0 aliphatic carbocycles. The molecule has 2 unspecified atom stereocenters. The largest absolute Gasteiger partial charge is 0.349 e. The van der Waals surface area contributed by atoms with Gasteiger partial charge in [-0.15, -0.1) is 0 Å². The van der Waals surface area contributed by atoms with E-state index in [2.05, 4.69) is 20.9 Å². The van der Waals surface area contributed by atoms with Crippen molar-refractivity contribution in [3.8, 4) is 0 Å². The molecule has 3 amide bonds. The van der Waals surface area contributed by atoms with E-state index in [9.17, 15) is 23.4 Å².